The average molecular weight is 377 g/mol. The predicted octanol–water partition coefficient (Wildman–Crippen LogP) is 5.42. The second-order valence-corrected chi connectivity index (χ2v) is 7.35. The highest BCUT2D eigenvalue weighted by molar-refractivity contribution is 7.99. The van der Waals surface area contributed by atoms with E-state index < -0.39 is 5.76 Å². The molecule has 0 saturated heterocycles. The third kappa shape index (κ3) is 5.16. The Morgan fingerprint density at radius 1 is 1.43 bits per heavy atom. The molecule has 1 aromatic carbocycles. The van der Waals surface area contributed by atoms with Crippen LogP contribution < -0.4 is 5.32 Å². The molecule has 23 heavy (non-hydrogen) atoms. The molecular weight excluding hydrogens is 362 g/mol. The molecule has 3 nitrogen and oxygen atoms in total. The summed E-state index contributed by atoms with van der Waals surface area (Å²) < 4.78 is 25.3. The van der Waals surface area contributed by atoms with Gasteiger partial charge >= 0.3 is 0 Å². The number of thiazole rings is 1. The molecule has 0 bridgehead atoms. The topological polar surface area (TPSA) is 42.0 Å². The third-order valence-electron chi connectivity index (χ3n) is 2.85. The summed E-state index contributed by atoms with van der Waals surface area (Å²) >= 11 is 7.76. The normalized spacial score (nSPS) is 11.3. The van der Waals surface area contributed by atoms with Crippen molar-refractivity contribution in [3.05, 3.63) is 39.3 Å². The van der Waals surface area contributed by atoms with Crippen molar-refractivity contribution in [1.82, 2.24) is 4.98 Å². The Morgan fingerprint density at radius 3 is 2.78 bits per heavy atom. The zero-order valence-electron chi connectivity index (χ0n) is 12.5. The number of nitrogens with one attached hydrogen (secondary N) is 1. The standard InChI is InChI=1S/C15H15ClF2N2OS2/c1-8(2)14-19-9(7-22-14)6-12(21)20-11-5-3-4-10(16)13(11)23-15(17)18/h3-5,7-8,15H,6H2,1-2H3,(H,20,21). The third-order valence-corrected chi connectivity index (χ3v) is 5.33. The molecule has 0 spiro atoms. The van der Waals surface area contributed by atoms with Crippen molar-refractivity contribution < 1.29 is 13.6 Å². The fourth-order valence-corrected chi connectivity index (χ4v) is 3.59. The maximum absolute atomic E-state index is 12.6. The van der Waals surface area contributed by atoms with Crippen molar-refractivity contribution in [2.24, 2.45) is 0 Å². The van der Waals surface area contributed by atoms with Crippen molar-refractivity contribution in [2.75, 3.05) is 5.32 Å². The summed E-state index contributed by atoms with van der Waals surface area (Å²) in [5.41, 5.74) is 0.952. The maximum Gasteiger partial charge on any atom is 0.289 e. The van der Waals surface area contributed by atoms with E-state index >= 15 is 0 Å². The lowest BCUT2D eigenvalue weighted by molar-refractivity contribution is -0.115. The van der Waals surface area contributed by atoms with E-state index in [1.807, 2.05) is 19.2 Å². The van der Waals surface area contributed by atoms with Gasteiger partial charge in [-0.25, -0.2) is 4.98 Å². The Labute approximate surface area is 146 Å². The number of amides is 1. The van der Waals surface area contributed by atoms with E-state index in [2.05, 4.69) is 10.3 Å². The average Bonchev–Trinajstić information content (AvgIpc) is 2.91. The minimum Gasteiger partial charge on any atom is -0.325 e. The number of hydrogen-bond donors (Lipinski definition) is 1. The molecule has 0 aliphatic carbocycles. The number of halogens is 3. The van der Waals surface area contributed by atoms with E-state index in [1.54, 1.807) is 12.1 Å². The summed E-state index contributed by atoms with van der Waals surface area (Å²) in [6.45, 7) is 4.06. The first-order valence-electron chi connectivity index (χ1n) is 6.84. The first kappa shape index (κ1) is 18.2. The van der Waals surface area contributed by atoms with Crippen LogP contribution in [0.2, 0.25) is 5.02 Å². The van der Waals surface area contributed by atoms with Gasteiger partial charge in [0.15, 0.2) is 0 Å². The summed E-state index contributed by atoms with van der Waals surface area (Å²) in [5, 5.41) is 5.61. The van der Waals surface area contributed by atoms with Crippen LogP contribution in [-0.4, -0.2) is 16.6 Å². The Bertz CT molecular complexity index is 692. The van der Waals surface area contributed by atoms with Gasteiger partial charge in [-0.05, 0) is 12.1 Å². The van der Waals surface area contributed by atoms with Crippen molar-refractivity contribution >= 4 is 46.3 Å². The zero-order valence-corrected chi connectivity index (χ0v) is 14.9. The quantitative estimate of drug-likeness (QED) is 0.685. The molecule has 0 unspecified atom stereocenters. The lowest BCUT2D eigenvalue weighted by atomic mass is 10.2. The molecule has 1 aromatic heterocycles. The van der Waals surface area contributed by atoms with E-state index in [0.717, 1.165) is 5.01 Å². The number of thioether (sulfide) groups is 1. The van der Waals surface area contributed by atoms with Gasteiger partial charge in [0.05, 0.1) is 32.7 Å². The molecule has 0 atom stereocenters. The Kier molecular flexibility index (Phi) is 6.38. The summed E-state index contributed by atoms with van der Waals surface area (Å²) in [6.07, 6.45) is 0.0918. The Morgan fingerprint density at radius 2 is 2.17 bits per heavy atom. The number of benzene rings is 1. The van der Waals surface area contributed by atoms with Crippen molar-refractivity contribution in [3.8, 4) is 0 Å². The van der Waals surface area contributed by atoms with Crippen LogP contribution in [0.4, 0.5) is 14.5 Å². The fraction of sp³-hybridized carbons (Fsp3) is 0.333. The van der Waals surface area contributed by atoms with Crippen LogP contribution in [0.5, 0.6) is 0 Å². The van der Waals surface area contributed by atoms with Gasteiger partial charge in [0.25, 0.3) is 5.76 Å². The second kappa shape index (κ2) is 8.08. The monoisotopic (exact) mass is 376 g/mol. The second-order valence-electron chi connectivity index (χ2n) is 5.05. The van der Waals surface area contributed by atoms with E-state index in [-0.39, 0.29) is 27.9 Å². The van der Waals surface area contributed by atoms with Gasteiger partial charge in [0, 0.05) is 11.3 Å². The molecule has 0 aliphatic rings. The molecule has 0 fully saturated rings. The van der Waals surface area contributed by atoms with Crippen LogP contribution in [-0.2, 0) is 11.2 Å². The van der Waals surface area contributed by atoms with Gasteiger partial charge in [-0.3, -0.25) is 4.79 Å². The van der Waals surface area contributed by atoms with E-state index in [9.17, 15) is 13.6 Å². The van der Waals surface area contributed by atoms with Crippen LogP contribution >= 0.6 is 34.7 Å². The van der Waals surface area contributed by atoms with Gasteiger partial charge < -0.3 is 5.32 Å². The van der Waals surface area contributed by atoms with Crippen molar-refractivity contribution in [2.45, 2.75) is 36.8 Å². The summed E-state index contributed by atoms with van der Waals surface area (Å²) in [6, 6.07) is 4.67. The van der Waals surface area contributed by atoms with Gasteiger partial charge in [-0.2, -0.15) is 8.78 Å². The van der Waals surface area contributed by atoms with Crippen LogP contribution in [0, 0.1) is 0 Å². The van der Waals surface area contributed by atoms with Gasteiger partial charge in [-0.15, -0.1) is 11.3 Å². The van der Waals surface area contributed by atoms with Crippen LogP contribution in [0.25, 0.3) is 0 Å². The molecule has 8 heteroatoms. The van der Waals surface area contributed by atoms with Crippen molar-refractivity contribution in [3.63, 3.8) is 0 Å². The van der Waals surface area contributed by atoms with Crippen LogP contribution in [0.15, 0.2) is 28.5 Å². The maximum atomic E-state index is 12.6. The lowest BCUT2D eigenvalue weighted by Gasteiger charge is -2.11. The SMILES string of the molecule is CC(C)c1nc(CC(=O)Nc2cccc(Cl)c2SC(F)F)cs1. The first-order chi connectivity index (χ1) is 10.9. The molecule has 1 heterocycles. The van der Waals surface area contributed by atoms with Gasteiger partial charge in [0.1, 0.15) is 0 Å². The minimum absolute atomic E-state index is 0.0918. The highest BCUT2D eigenvalue weighted by atomic mass is 35.5. The number of alkyl halides is 2. The molecule has 0 radical (unpaired) electrons. The summed E-state index contributed by atoms with van der Waals surface area (Å²) in [7, 11) is 0. The Balaban J connectivity index is 2.09. The number of hydrogen-bond acceptors (Lipinski definition) is 4. The number of nitrogens with zero attached hydrogens (tertiary/aromatic N) is 1. The summed E-state index contributed by atoms with van der Waals surface area (Å²) in [4.78, 5) is 16.7. The molecule has 1 N–H and O–H groups in total. The number of rotatable bonds is 6. The largest absolute Gasteiger partial charge is 0.325 e. The molecule has 0 saturated carbocycles. The van der Waals surface area contributed by atoms with Gasteiger partial charge in [0.2, 0.25) is 5.91 Å². The highest BCUT2D eigenvalue weighted by Crippen LogP contribution is 2.37. The Hall–Kier alpha value is -1.18. The lowest BCUT2D eigenvalue weighted by Crippen LogP contribution is -2.15. The number of carbonyl (C=O) groups is 1. The van der Waals surface area contributed by atoms with E-state index in [0.29, 0.717) is 23.4 Å². The number of aromatic nitrogens is 1. The molecule has 1 amide bonds. The molecule has 2 rings (SSSR count). The predicted molar refractivity (Wildman–Crippen MR) is 91.8 cm³/mol. The zero-order chi connectivity index (χ0) is 17.0. The fourth-order valence-electron chi connectivity index (χ4n) is 1.84. The van der Waals surface area contributed by atoms with Crippen molar-refractivity contribution in [1.29, 1.82) is 0 Å². The highest BCUT2D eigenvalue weighted by Gasteiger charge is 2.16. The number of carbonyl (C=O) groups excluding carboxylic acids is 1. The molecular formula is C15H15ClF2N2OS2. The van der Waals surface area contributed by atoms with E-state index in [1.165, 1.54) is 17.4 Å². The van der Waals surface area contributed by atoms with Gasteiger partial charge in [-0.1, -0.05) is 43.3 Å². The minimum atomic E-state index is -2.61. The summed E-state index contributed by atoms with van der Waals surface area (Å²) in [5.74, 6) is -2.62. The van der Waals surface area contributed by atoms with E-state index in [4.69, 9.17) is 11.6 Å². The molecule has 2 aromatic rings. The first-order valence-corrected chi connectivity index (χ1v) is 8.98. The number of anilines is 1. The molecule has 0 aliphatic heterocycles. The molecule has 124 valence electrons. The van der Waals surface area contributed by atoms with Crippen LogP contribution in [0.1, 0.15) is 30.5 Å². The van der Waals surface area contributed by atoms with Crippen LogP contribution in [0.3, 0.4) is 0 Å². The smallest absolute Gasteiger partial charge is 0.289 e.